The van der Waals surface area contributed by atoms with Crippen LogP contribution in [-0.4, -0.2) is 64.7 Å². The molecule has 1 rings (SSSR count). The van der Waals surface area contributed by atoms with Gasteiger partial charge in [0, 0.05) is 17.6 Å². The third kappa shape index (κ3) is 9.05. The number of para-hydroxylation sites is 1. The van der Waals surface area contributed by atoms with E-state index in [0.717, 1.165) is 0 Å². The largest absolute Gasteiger partial charge is 0.507 e. The van der Waals surface area contributed by atoms with E-state index in [4.69, 9.17) is 9.47 Å². The van der Waals surface area contributed by atoms with Crippen LogP contribution in [0.25, 0.3) is 0 Å². The number of amides is 3. The second-order valence-corrected chi connectivity index (χ2v) is 10.0. The van der Waals surface area contributed by atoms with Gasteiger partial charge < -0.3 is 30.1 Å². The predicted molar refractivity (Wildman–Crippen MR) is 135 cm³/mol. The molecule has 0 fully saturated rings. The number of rotatable bonds is 11. The molecular formula is C26H41N3O7. The molecule has 0 aliphatic heterocycles. The highest BCUT2D eigenvalue weighted by Gasteiger charge is 2.41. The molecule has 10 nitrogen and oxygen atoms in total. The minimum Gasteiger partial charge on any atom is -0.507 e. The van der Waals surface area contributed by atoms with E-state index in [-0.39, 0.29) is 30.9 Å². The highest BCUT2D eigenvalue weighted by atomic mass is 16.6. The van der Waals surface area contributed by atoms with E-state index in [1.165, 1.54) is 4.90 Å². The maximum Gasteiger partial charge on any atom is 0.408 e. The van der Waals surface area contributed by atoms with Gasteiger partial charge in [-0.1, -0.05) is 25.1 Å². The minimum atomic E-state index is -1.23. The first-order valence-electron chi connectivity index (χ1n) is 12.1. The summed E-state index contributed by atoms with van der Waals surface area (Å²) in [5, 5.41) is 16.0. The lowest BCUT2D eigenvalue weighted by Crippen LogP contribution is -2.56. The molecule has 3 N–H and O–H groups in total. The zero-order valence-corrected chi connectivity index (χ0v) is 22.7. The first kappa shape index (κ1) is 30.7. The Morgan fingerprint density at radius 1 is 1.06 bits per heavy atom. The molecule has 1 aromatic rings. The number of benzene rings is 1. The number of aromatic hydroxyl groups is 1. The summed E-state index contributed by atoms with van der Waals surface area (Å²) < 4.78 is 10.1. The molecule has 3 amide bonds. The van der Waals surface area contributed by atoms with E-state index in [9.17, 15) is 24.3 Å². The van der Waals surface area contributed by atoms with Crippen molar-refractivity contribution in [2.24, 2.45) is 0 Å². The minimum absolute atomic E-state index is 0.00845. The maximum absolute atomic E-state index is 13.5. The Hall–Kier alpha value is -3.30. The molecule has 0 saturated heterocycles. The molecular weight excluding hydrogens is 466 g/mol. The van der Waals surface area contributed by atoms with Crippen molar-refractivity contribution in [2.45, 2.75) is 85.4 Å². The molecule has 1 atom stereocenters. The van der Waals surface area contributed by atoms with Gasteiger partial charge >= 0.3 is 12.1 Å². The van der Waals surface area contributed by atoms with Gasteiger partial charge in [-0.25, -0.2) is 4.79 Å². The van der Waals surface area contributed by atoms with Gasteiger partial charge in [0.1, 0.15) is 23.9 Å². The lowest BCUT2D eigenvalue weighted by Gasteiger charge is -2.43. The number of aryl methyl sites for hydroxylation is 1. The number of ether oxygens (including phenoxy) is 2. The van der Waals surface area contributed by atoms with Crippen molar-refractivity contribution in [3.63, 3.8) is 0 Å². The second kappa shape index (κ2) is 13.1. The Labute approximate surface area is 213 Å². The van der Waals surface area contributed by atoms with Crippen molar-refractivity contribution in [2.75, 3.05) is 19.7 Å². The first-order chi connectivity index (χ1) is 16.6. The maximum atomic E-state index is 13.5. The highest BCUT2D eigenvalue weighted by molar-refractivity contribution is 5.91. The number of carbonyl (C=O) groups excluding carboxylic acids is 4. The van der Waals surface area contributed by atoms with Gasteiger partial charge in [-0.15, -0.1) is 0 Å². The molecule has 10 heteroatoms. The Morgan fingerprint density at radius 2 is 1.69 bits per heavy atom. The van der Waals surface area contributed by atoms with Crippen LogP contribution in [0.5, 0.6) is 5.75 Å². The Bertz CT molecular complexity index is 938. The van der Waals surface area contributed by atoms with Gasteiger partial charge in [0.2, 0.25) is 11.8 Å². The lowest BCUT2D eigenvalue weighted by atomic mass is 9.92. The number of nitrogens with zero attached hydrogens (tertiary/aromatic N) is 1. The van der Waals surface area contributed by atoms with E-state index in [0.29, 0.717) is 12.0 Å². The molecule has 0 saturated carbocycles. The quantitative estimate of drug-likeness (QED) is 0.391. The number of hydrogen-bond acceptors (Lipinski definition) is 7. The van der Waals surface area contributed by atoms with Crippen LogP contribution in [0.3, 0.4) is 0 Å². The lowest BCUT2D eigenvalue weighted by molar-refractivity contribution is -0.147. The Kier molecular flexibility index (Phi) is 11.2. The van der Waals surface area contributed by atoms with Crippen molar-refractivity contribution in [1.29, 1.82) is 0 Å². The molecule has 0 aliphatic carbocycles. The summed E-state index contributed by atoms with van der Waals surface area (Å²) in [6.45, 7) is 13.8. The molecule has 36 heavy (non-hydrogen) atoms. The fraction of sp³-hybridized carbons (Fsp3) is 0.615. The number of phenolic OH excluding ortho intramolecular Hbond substituents is 1. The average Bonchev–Trinajstić information content (AvgIpc) is 2.76. The van der Waals surface area contributed by atoms with Crippen LogP contribution in [0.15, 0.2) is 18.2 Å². The molecule has 0 heterocycles. The van der Waals surface area contributed by atoms with Crippen LogP contribution in [-0.2, 0) is 23.9 Å². The number of esters is 1. The number of carbonyl (C=O) groups is 4. The Balaban J connectivity index is 3.37. The third-order valence-corrected chi connectivity index (χ3v) is 5.57. The smallest absolute Gasteiger partial charge is 0.408 e. The number of hydrogen-bond donors (Lipinski definition) is 3. The topological polar surface area (TPSA) is 134 Å². The van der Waals surface area contributed by atoms with Crippen LogP contribution in [0.2, 0.25) is 0 Å². The normalized spacial score (nSPS) is 12.3. The number of nitrogens with one attached hydrogen (secondary N) is 2. The fourth-order valence-corrected chi connectivity index (χ4v) is 3.47. The predicted octanol–water partition coefficient (Wildman–Crippen LogP) is 3.35. The van der Waals surface area contributed by atoms with Gasteiger partial charge in [-0.05, 0) is 60.5 Å². The van der Waals surface area contributed by atoms with Gasteiger partial charge in [-0.3, -0.25) is 14.4 Å². The zero-order valence-electron chi connectivity index (χ0n) is 22.7. The van der Waals surface area contributed by atoms with E-state index in [2.05, 4.69) is 10.6 Å². The van der Waals surface area contributed by atoms with Gasteiger partial charge in [0.05, 0.1) is 13.0 Å². The summed E-state index contributed by atoms with van der Waals surface area (Å²) in [6.07, 6.45) is -0.333. The molecule has 0 aromatic heterocycles. The SMILES string of the molecule is CCOC(=O)CCNC(=O)C(c1cccc(C)c1O)N(C(=O)CNC(=O)OC(C)(C)C)C(C)(C)CC. The molecule has 0 spiro atoms. The average molecular weight is 508 g/mol. The fourth-order valence-electron chi connectivity index (χ4n) is 3.47. The van der Waals surface area contributed by atoms with Crippen LogP contribution >= 0.6 is 0 Å². The molecule has 0 bridgehead atoms. The van der Waals surface area contributed by atoms with E-state index < -0.39 is 47.6 Å². The molecule has 0 radical (unpaired) electrons. The number of alkyl carbamates (subject to hydrolysis) is 1. The van der Waals surface area contributed by atoms with Crippen molar-refractivity contribution in [3.8, 4) is 5.75 Å². The zero-order chi connectivity index (χ0) is 27.7. The molecule has 0 aliphatic rings. The highest BCUT2D eigenvalue weighted by Crippen LogP contribution is 2.36. The standard InChI is InChI=1S/C26H41N3O7/c1-9-26(7,8)29(19(30)16-28-24(34)36-25(4,5)6)21(18-13-11-12-17(3)22(18)32)23(33)27-15-14-20(31)35-10-2/h11-13,21,32H,9-10,14-16H2,1-8H3,(H,27,33)(H,28,34). The van der Waals surface area contributed by atoms with Crippen LogP contribution in [0.1, 0.15) is 78.5 Å². The summed E-state index contributed by atoms with van der Waals surface area (Å²) in [5.41, 5.74) is -0.822. The number of phenols is 1. The third-order valence-electron chi connectivity index (χ3n) is 5.57. The van der Waals surface area contributed by atoms with Gasteiger partial charge in [-0.2, -0.15) is 0 Å². The van der Waals surface area contributed by atoms with Gasteiger partial charge in [0.25, 0.3) is 0 Å². The molecule has 1 aromatic carbocycles. The summed E-state index contributed by atoms with van der Waals surface area (Å²) in [6, 6.07) is 3.72. The molecule has 202 valence electrons. The first-order valence-corrected chi connectivity index (χ1v) is 12.1. The Morgan fingerprint density at radius 3 is 2.25 bits per heavy atom. The monoisotopic (exact) mass is 507 g/mol. The second-order valence-electron chi connectivity index (χ2n) is 10.0. The summed E-state index contributed by atoms with van der Waals surface area (Å²) >= 11 is 0. The summed E-state index contributed by atoms with van der Waals surface area (Å²) in [4.78, 5) is 52.3. The van der Waals surface area contributed by atoms with Crippen molar-refractivity contribution < 1.29 is 33.8 Å². The van der Waals surface area contributed by atoms with Crippen LogP contribution in [0, 0.1) is 6.92 Å². The summed E-state index contributed by atoms with van der Waals surface area (Å²) in [7, 11) is 0. The van der Waals surface area contributed by atoms with Gasteiger partial charge in [0.15, 0.2) is 0 Å². The van der Waals surface area contributed by atoms with E-state index in [1.807, 2.05) is 6.92 Å². The van der Waals surface area contributed by atoms with E-state index >= 15 is 0 Å². The van der Waals surface area contributed by atoms with Crippen molar-refractivity contribution >= 4 is 23.9 Å². The molecule has 1 unspecified atom stereocenters. The van der Waals surface area contributed by atoms with Crippen LogP contribution in [0.4, 0.5) is 4.79 Å². The van der Waals surface area contributed by atoms with Crippen molar-refractivity contribution in [1.82, 2.24) is 15.5 Å². The van der Waals surface area contributed by atoms with Crippen molar-refractivity contribution in [3.05, 3.63) is 29.3 Å². The summed E-state index contributed by atoms with van der Waals surface area (Å²) in [5.74, 6) is -1.70. The van der Waals surface area contributed by atoms with E-state index in [1.54, 1.807) is 66.7 Å². The van der Waals surface area contributed by atoms with Crippen LogP contribution < -0.4 is 10.6 Å².